The second kappa shape index (κ2) is 9.71. The summed E-state index contributed by atoms with van der Waals surface area (Å²) in [5.74, 6) is 0.0345. The van der Waals surface area contributed by atoms with Crippen LogP contribution in [0.4, 0.5) is 4.79 Å². The maximum atomic E-state index is 13.1. The molecule has 0 bridgehead atoms. The van der Waals surface area contributed by atoms with Crippen LogP contribution >= 0.6 is 0 Å². The summed E-state index contributed by atoms with van der Waals surface area (Å²) in [7, 11) is 0. The quantitative estimate of drug-likeness (QED) is 0.808. The molecule has 3 aliphatic heterocycles. The molecule has 3 heterocycles. The second-order valence-electron chi connectivity index (χ2n) is 9.15. The first-order chi connectivity index (χ1) is 15.0. The molecule has 7 nitrogen and oxygen atoms in total. The van der Waals surface area contributed by atoms with E-state index >= 15 is 0 Å². The first-order valence-corrected chi connectivity index (χ1v) is 11.7. The lowest BCUT2D eigenvalue weighted by Gasteiger charge is -2.38. The van der Waals surface area contributed by atoms with Crippen molar-refractivity contribution >= 4 is 17.8 Å². The van der Waals surface area contributed by atoms with Gasteiger partial charge in [-0.3, -0.25) is 9.59 Å². The first kappa shape index (κ1) is 21.7. The molecule has 168 valence electrons. The Morgan fingerprint density at radius 2 is 1.52 bits per heavy atom. The Hall–Kier alpha value is -2.57. The van der Waals surface area contributed by atoms with E-state index in [9.17, 15) is 14.4 Å². The predicted molar refractivity (Wildman–Crippen MR) is 119 cm³/mol. The highest BCUT2D eigenvalue weighted by atomic mass is 16.2. The van der Waals surface area contributed by atoms with Crippen LogP contribution in [0.25, 0.3) is 0 Å². The van der Waals surface area contributed by atoms with Crippen LogP contribution in [0.5, 0.6) is 0 Å². The predicted octanol–water partition coefficient (Wildman–Crippen LogP) is 2.64. The van der Waals surface area contributed by atoms with E-state index in [1.54, 1.807) is 0 Å². The van der Waals surface area contributed by atoms with E-state index in [1.807, 2.05) is 45.9 Å². The Morgan fingerprint density at radius 3 is 2.23 bits per heavy atom. The van der Waals surface area contributed by atoms with Crippen LogP contribution in [0.3, 0.4) is 0 Å². The summed E-state index contributed by atoms with van der Waals surface area (Å²) in [4.78, 5) is 44.2. The molecule has 4 rings (SSSR count). The molecule has 0 spiro atoms. The molecule has 0 radical (unpaired) electrons. The topological polar surface area (TPSA) is 73.0 Å². The minimum absolute atomic E-state index is 0.0359. The first-order valence-electron chi connectivity index (χ1n) is 11.7. The van der Waals surface area contributed by atoms with Crippen molar-refractivity contribution in [1.82, 2.24) is 20.0 Å². The van der Waals surface area contributed by atoms with E-state index in [4.69, 9.17) is 0 Å². The zero-order chi connectivity index (χ0) is 21.8. The van der Waals surface area contributed by atoms with Gasteiger partial charge in [0.05, 0.1) is 5.92 Å². The molecule has 1 aromatic rings. The molecule has 1 N–H and O–H groups in total. The molecule has 31 heavy (non-hydrogen) atoms. The number of carbonyl (C=O) groups is 3. The number of urea groups is 1. The zero-order valence-electron chi connectivity index (χ0n) is 18.5. The van der Waals surface area contributed by atoms with Gasteiger partial charge in [0.15, 0.2) is 0 Å². The number of aryl methyl sites for hydroxylation is 1. The summed E-state index contributed by atoms with van der Waals surface area (Å²) in [6.45, 7) is 6.25. The summed E-state index contributed by atoms with van der Waals surface area (Å²) < 4.78 is 0. The lowest BCUT2D eigenvalue weighted by molar-refractivity contribution is -0.138. The van der Waals surface area contributed by atoms with Crippen molar-refractivity contribution in [2.75, 3.05) is 39.3 Å². The molecular weight excluding hydrogens is 392 g/mol. The molecular formula is C24H34N4O3. The van der Waals surface area contributed by atoms with Crippen LogP contribution in [0.2, 0.25) is 0 Å². The van der Waals surface area contributed by atoms with E-state index in [-0.39, 0.29) is 29.8 Å². The third kappa shape index (κ3) is 5.02. The summed E-state index contributed by atoms with van der Waals surface area (Å²) in [5, 5.41) is 3.13. The normalized spacial score (nSPS) is 22.5. The van der Waals surface area contributed by atoms with E-state index in [1.165, 1.54) is 0 Å². The highest BCUT2D eigenvalue weighted by molar-refractivity contribution is 5.95. The molecule has 0 unspecified atom stereocenters. The molecule has 3 saturated heterocycles. The number of amides is 4. The van der Waals surface area contributed by atoms with Crippen LogP contribution in [0.15, 0.2) is 24.3 Å². The number of likely N-dealkylation sites (tertiary alicyclic amines) is 3. The highest BCUT2D eigenvalue weighted by Crippen LogP contribution is 2.23. The summed E-state index contributed by atoms with van der Waals surface area (Å²) >= 11 is 0. The largest absolute Gasteiger partial charge is 0.349 e. The van der Waals surface area contributed by atoms with Crippen molar-refractivity contribution < 1.29 is 14.4 Å². The van der Waals surface area contributed by atoms with Crippen LogP contribution in [0.1, 0.15) is 54.4 Å². The SMILES string of the molecule is Cc1ccccc1C(=O)NC1CCN(C(=O)[C@@H]2CCCN(C(=O)N3CCCC3)C2)CC1. The number of nitrogens with zero attached hydrogens (tertiary/aromatic N) is 3. The van der Waals surface area contributed by atoms with Crippen molar-refractivity contribution in [3.05, 3.63) is 35.4 Å². The minimum Gasteiger partial charge on any atom is -0.349 e. The fourth-order valence-corrected chi connectivity index (χ4v) is 5.05. The van der Waals surface area contributed by atoms with Crippen molar-refractivity contribution in [1.29, 1.82) is 0 Å². The van der Waals surface area contributed by atoms with Gasteiger partial charge in [0.2, 0.25) is 5.91 Å². The molecule has 1 atom stereocenters. The Morgan fingerprint density at radius 1 is 0.839 bits per heavy atom. The maximum absolute atomic E-state index is 13.1. The van der Waals surface area contributed by atoms with E-state index in [2.05, 4.69) is 5.32 Å². The standard InChI is InChI=1S/C24H34N4O3/c1-18-7-2-3-9-21(18)22(29)25-20-10-15-26(16-11-20)23(30)19-8-6-14-28(17-19)24(31)27-12-4-5-13-27/h2-3,7,9,19-20H,4-6,8,10-17H2,1H3,(H,25,29)/t19-/m1/s1. The van der Waals surface area contributed by atoms with Gasteiger partial charge in [-0.2, -0.15) is 0 Å². The number of rotatable bonds is 3. The fourth-order valence-electron chi connectivity index (χ4n) is 5.05. The van der Waals surface area contributed by atoms with Crippen molar-refractivity contribution in [2.45, 2.75) is 51.5 Å². The Bertz CT molecular complexity index is 813. The van der Waals surface area contributed by atoms with Crippen LogP contribution in [-0.4, -0.2) is 77.9 Å². The summed E-state index contributed by atoms with van der Waals surface area (Å²) in [6, 6.07) is 7.80. The average Bonchev–Trinajstić information content (AvgIpc) is 3.34. The number of benzene rings is 1. The van der Waals surface area contributed by atoms with Crippen LogP contribution in [-0.2, 0) is 4.79 Å². The minimum atomic E-state index is -0.0987. The van der Waals surface area contributed by atoms with Gasteiger partial charge in [0.25, 0.3) is 5.91 Å². The number of nitrogens with one attached hydrogen (secondary N) is 1. The van der Waals surface area contributed by atoms with Crippen molar-refractivity contribution in [3.8, 4) is 0 Å². The second-order valence-corrected chi connectivity index (χ2v) is 9.15. The van der Waals surface area contributed by atoms with Gasteiger partial charge >= 0.3 is 6.03 Å². The van der Waals surface area contributed by atoms with Gasteiger partial charge in [-0.05, 0) is 57.1 Å². The van der Waals surface area contributed by atoms with Crippen molar-refractivity contribution in [2.24, 2.45) is 5.92 Å². The summed E-state index contributed by atoms with van der Waals surface area (Å²) in [5.41, 5.74) is 1.68. The third-order valence-corrected chi connectivity index (χ3v) is 6.95. The Kier molecular flexibility index (Phi) is 6.78. The van der Waals surface area contributed by atoms with Gasteiger partial charge < -0.3 is 20.0 Å². The maximum Gasteiger partial charge on any atom is 0.320 e. The monoisotopic (exact) mass is 426 g/mol. The number of hydrogen-bond acceptors (Lipinski definition) is 3. The van der Waals surface area contributed by atoms with Gasteiger partial charge in [-0.15, -0.1) is 0 Å². The zero-order valence-corrected chi connectivity index (χ0v) is 18.5. The number of hydrogen-bond donors (Lipinski definition) is 1. The van der Waals surface area contributed by atoms with E-state index < -0.39 is 0 Å². The van der Waals surface area contributed by atoms with Gasteiger partial charge in [0, 0.05) is 50.9 Å². The molecule has 0 saturated carbocycles. The summed E-state index contributed by atoms with van der Waals surface area (Å²) in [6.07, 6.45) is 5.44. The number of carbonyl (C=O) groups excluding carboxylic acids is 3. The molecule has 3 aliphatic rings. The molecule has 0 aromatic heterocycles. The van der Waals surface area contributed by atoms with Crippen LogP contribution < -0.4 is 5.32 Å². The van der Waals surface area contributed by atoms with Gasteiger partial charge in [-0.1, -0.05) is 18.2 Å². The fraction of sp³-hybridized carbons (Fsp3) is 0.625. The molecule has 1 aromatic carbocycles. The number of piperidine rings is 2. The Labute approximate surface area is 184 Å². The van der Waals surface area contributed by atoms with Crippen molar-refractivity contribution in [3.63, 3.8) is 0 Å². The van der Waals surface area contributed by atoms with Gasteiger partial charge in [-0.25, -0.2) is 4.79 Å². The Balaban J connectivity index is 1.26. The molecule has 7 heteroatoms. The van der Waals surface area contributed by atoms with E-state index in [0.717, 1.165) is 63.7 Å². The molecule has 4 amide bonds. The lowest BCUT2D eigenvalue weighted by atomic mass is 9.95. The highest BCUT2D eigenvalue weighted by Gasteiger charge is 2.34. The molecule has 3 fully saturated rings. The van der Waals surface area contributed by atoms with E-state index in [0.29, 0.717) is 25.2 Å². The third-order valence-electron chi connectivity index (χ3n) is 6.95. The average molecular weight is 427 g/mol. The van der Waals surface area contributed by atoms with Gasteiger partial charge in [0.1, 0.15) is 0 Å². The lowest BCUT2D eigenvalue weighted by Crippen LogP contribution is -2.52. The van der Waals surface area contributed by atoms with Crippen LogP contribution in [0, 0.1) is 12.8 Å². The molecule has 0 aliphatic carbocycles. The smallest absolute Gasteiger partial charge is 0.320 e.